The Hall–Kier alpha value is -1.63. The zero-order chi connectivity index (χ0) is 21.6. The van der Waals surface area contributed by atoms with Crippen LogP contribution in [0, 0.1) is 29.1 Å². The van der Waals surface area contributed by atoms with Crippen molar-refractivity contribution in [2.45, 2.75) is 72.8 Å². The standard InChI is InChI=1S/C21H39N3O4/c1-13(2)12-15(16(19(26)23-28)14-10-8-9-11-14)18(25)22-17(21(3,4)5)20(27)24(6)7/h13-17,28H,8-12H2,1-7H3,(H,22,25)(H,23,26). The normalized spacial score (nSPS) is 18.5. The van der Waals surface area contributed by atoms with Crippen LogP contribution >= 0.6 is 0 Å². The lowest BCUT2D eigenvalue weighted by atomic mass is 9.75. The van der Waals surface area contributed by atoms with E-state index in [0.29, 0.717) is 6.42 Å². The van der Waals surface area contributed by atoms with Gasteiger partial charge in [0.1, 0.15) is 6.04 Å². The molecule has 3 N–H and O–H groups in total. The number of carbonyl (C=O) groups excluding carboxylic acids is 3. The number of nitrogens with zero attached hydrogens (tertiary/aromatic N) is 1. The zero-order valence-corrected chi connectivity index (χ0v) is 18.5. The molecular weight excluding hydrogens is 358 g/mol. The van der Waals surface area contributed by atoms with Crippen molar-refractivity contribution in [1.82, 2.24) is 15.7 Å². The molecule has 0 aromatic rings. The molecular formula is C21H39N3O4. The van der Waals surface area contributed by atoms with Gasteiger partial charge in [-0.25, -0.2) is 5.48 Å². The summed E-state index contributed by atoms with van der Waals surface area (Å²) in [5, 5.41) is 12.2. The second-order valence-electron chi connectivity index (χ2n) is 9.82. The molecule has 1 rings (SSSR count). The molecule has 1 aliphatic rings. The van der Waals surface area contributed by atoms with Gasteiger partial charge in [0.2, 0.25) is 17.7 Å². The molecule has 1 fully saturated rings. The zero-order valence-electron chi connectivity index (χ0n) is 18.5. The highest BCUT2D eigenvalue weighted by Gasteiger charge is 2.43. The lowest BCUT2D eigenvalue weighted by molar-refractivity contribution is -0.145. The van der Waals surface area contributed by atoms with Crippen LogP contribution in [-0.2, 0) is 14.4 Å². The van der Waals surface area contributed by atoms with E-state index in [9.17, 15) is 19.6 Å². The maximum Gasteiger partial charge on any atom is 0.247 e. The van der Waals surface area contributed by atoms with Crippen molar-refractivity contribution in [3.63, 3.8) is 0 Å². The molecule has 0 radical (unpaired) electrons. The van der Waals surface area contributed by atoms with Gasteiger partial charge in [-0.15, -0.1) is 0 Å². The molecule has 0 bridgehead atoms. The van der Waals surface area contributed by atoms with Crippen LogP contribution in [0.1, 0.15) is 66.7 Å². The van der Waals surface area contributed by atoms with E-state index < -0.39 is 29.2 Å². The van der Waals surface area contributed by atoms with Crippen LogP contribution in [0.15, 0.2) is 0 Å². The van der Waals surface area contributed by atoms with E-state index >= 15 is 0 Å². The SMILES string of the molecule is CC(C)CC(C(=O)NC(C(=O)N(C)C)C(C)(C)C)C(C(=O)NO)C1CCCC1. The lowest BCUT2D eigenvalue weighted by Gasteiger charge is -2.36. The van der Waals surface area contributed by atoms with E-state index in [1.54, 1.807) is 19.6 Å². The van der Waals surface area contributed by atoms with Crippen LogP contribution in [0.25, 0.3) is 0 Å². The predicted molar refractivity (Wildman–Crippen MR) is 108 cm³/mol. The van der Waals surface area contributed by atoms with E-state index in [0.717, 1.165) is 25.7 Å². The minimum atomic E-state index is -0.689. The summed E-state index contributed by atoms with van der Waals surface area (Å²) in [6, 6.07) is -0.689. The first kappa shape index (κ1) is 24.4. The van der Waals surface area contributed by atoms with Gasteiger partial charge in [0.15, 0.2) is 0 Å². The van der Waals surface area contributed by atoms with Gasteiger partial charge < -0.3 is 10.2 Å². The van der Waals surface area contributed by atoms with Crippen LogP contribution in [0.2, 0.25) is 0 Å². The minimum absolute atomic E-state index is 0.0688. The van der Waals surface area contributed by atoms with Gasteiger partial charge in [-0.05, 0) is 36.5 Å². The summed E-state index contributed by atoms with van der Waals surface area (Å²) >= 11 is 0. The van der Waals surface area contributed by atoms with Gasteiger partial charge in [0.05, 0.1) is 11.8 Å². The smallest absolute Gasteiger partial charge is 0.247 e. The fourth-order valence-electron chi connectivity index (χ4n) is 4.20. The number of amides is 3. The van der Waals surface area contributed by atoms with Crippen LogP contribution in [0.5, 0.6) is 0 Å². The van der Waals surface area contributed by atoms with Crippen molar-refractivity contribution in [1.29, 1.82) is 0 Å². The summed E-state index contributed by atoms with van der Waals surface area (Å²) in [5.74, 6) is -1.88. The third kappa shape index (κ3) is 6.47. The molecule has 1 saturated carbocycles. The molecule has 0 heterocycles. The molecule has 0 aromatic heterocycles. The number of carbonyl (C=O) groups is 3. The van der Waals surface area contributed by atoms with Crippen LogP contribution < -0.4 is 10.8 Å². The van der Waals surface area contributed by atoms with Crippen molar-refractivity contribution in [3.8, 4) is 0 Å². The number of likely N-dealkylation sites (N-methyl/N-ethyl adjacent to an activating group) is 1. The average Bonchev–Trinajstić information content (AvgIpc) is 3.10. The third-order valence-corrected chi connectivity index (χ3v) is 5.66. The van der Waals surface area contributed by atoms with E-state index in [1.807, 2.05) is 34.6 Å². The van der Waals surface area contributed by atoms with Gasteiger partial charge in [0.25, 0.3) is 0 Å². The third-order valence-electron chi connectivity index (χ3n) is 5.66. The molecule has 3 amide bonds. The Morgan fingerprint density at radius 3 is 2.00 bits per heavy atom. The highest BCUT2D eigenvalue weighted by molar-refractivity contribution is 5.91. The molecule has 3 atom stereocenters. The summed E-state index contributed by atoms with van der Waals surface area (Å²) < 4.78 is 0. The summed E-state index contributed by atoms with van der Waals surface area (Å²) in [6.45, 7) is 9.74. The van der Waals surface area contributed by atoms with Gasteiger partial charge in [-0.1, -0.05) is 47.5 Å². The Kier molecular flexibility index (Phi) is 8.92. The van der Waals surface area contributed by atoms with Crippen LogP contribution in [0.3, 0.4) is 0 Å². The fraction of sp³-hybridized carbons (Fsp3) is 0.857. The first-order chi connectivity index (χ1) is 12.9. The van der Waals surface area contributed by atoms with Gasteiger partial charge in [0, 0.05) is 14.1 Å². The molecule has 3 unspecified atom stereocenters. The Morgan fingerprint density at radius 2 is 1.61 bits per heavy atom. The Morgan fingerprint density at radius 1 is 1.07 bits per heavy atom. The maximum absolute atomic E-state index is 13.3. The second-order valence-corrected chi connectivity index (χ2v) is 9.82. The Balaban J connectivity index is 3.20. The predicted octanol–water partition coefficient (Wildman–Crippen LogP) is 2.58. The number of hydrogen-bond acceptors (Lipinski definition) is 4. The van der Waals surface area contributed by atoms with Crippen molar-refractivity contribution in [2.75, 3.05) is 14.1 Å². The molecule has 1 aliphatic carbocycles. The second kappa shape index (κ2) is 10.2. The number of nitrogens with one attached hydrogen (secondary N) is 2. The van der Waals surface area contributed by atoms with Crippen LogP contribution in [0.4, 0.5) is 0 Å². The van der Waals surface area contributed by atoms with Gasteiger partial charge >= 0.3 is 0 Å². The number of hydrogen-bond donors (Lipinski definition) is 3. The summed E-state index contributed by atoms with van der Waals surface area (Å²) in [6.07, 6.45) is 4.32. The van der Waals surface area contributed by atoms with Crippen molar-refractivity contribution in [2.24, 2.45) is 29.1 Å². The summed E-state index contributed by atoms with van der Waals surface area (Å²) in [4.78, 5) is 40.0. The maximum atomic E-state index is 13.3. The van der Waals surface area contributed by atoms with E-state index in [2.05, 4.69) is 5.32 Å². The highest BCUT2D eigenvalue weighted by atomic mass is 16.5. The molecule has 162 valence electrons. The molecule has 0 saturated heterocycles. The first-order valence-electron chi connectivity index (χ1n) is 10.4. The van der Waals surface area contributed by atoms with Gasteiger partial charge in [-0.3, -0.25) is 19.6 Å². The lowest BCUT2D eigenvalue weighted by Crippen LogP contribution is -2.56. The Bertz CT molecular complexity index is 548. The largest absolute Gasteiger partial charge is 0.347 e. The van der Waals surface area contributed by atoms with Crippen molar-refractivity contribution < 1.29 is 19.6 Å². The Labute approximate surface area is 169 Å². The first-order valence-corrected chi connectivity index (χ1v) is 10.4. The van der Waals surface area contributed by atoms with Gasteiger partial charge in [-0.2, -0.15) is 0 Å². The molecule has 0 spiro atoms. The summed E-state index contributed by atoms with van der Waals surface area (Å²) in [5.41, 5.74) is 1.31. The summed E-state index contributed by atoms with van der Waals surface area (Å²) in [7, 11) is 3.33. The van der Waals surface area contributed by atoms with E-state index in [1.165, 1.54) is 4.90 Å². The number of hydroxylamine groups is 1. The topological polar surface area (TPSA) is 98.7 Å². The minimum Gasteiger partial charge on any atom is -0.347 e. The highest BCUT2D eigenvalue weighted by Crippen LogP contribution is 2.38. The van der Waals surface area contributed by atoms with E-state index in [-0.39, 0.29) is 23.7 Å². The molecule has 7 nitrogen and oxygen atoms in total. The average molecular weight is 398 g/mol. The number of rotatable bonds is 8. The van der Waals surface area contributed by atoms with Crippen molar-refractivity contribution in [3.05, 3.63) is 0 Å². The monoisotopic (exact) mass is 397 g/mol. The van der Waals surface area contributed by atoms with E-state index in [4.69, 9.17) is 0 Å². The molecule has 7 heteroatoms. The quantitative estimate of drug-likeness (QED) is 0.433. The fourth-order valence-corrected chi connectivity index (χ4v) is 4.20. The molecule has 28 heavy (non-hydrogen) atoms. The van der Waals surface area contributed by atoms with Crippen LogP contribution in [-0.4, -0.2) is 48.0 Å². The molecule has 0 aromatic carbocycles. The molecule has 0 aliphatic heterocycles. The van der Waals surface area contributed by atoms with Crippen molar-refractivity contribution >= 4 is 17.7 Å².